The second-order valence-corrected chi connectivity index (χ2v) is 13.0. The number of aliphatic hydroxyl groups is 1. The molecule has 4 heterocycles. The molecule has 1 fully saturated rings. The first-order valence-corrected chi connectivity index (χ1v) is 15.4. The normalized spacial score (nSPS) is 19.2. The van der Waals surface area contributed by atoms with Crippen molar-refractivity contribution in [3.05, 3.63) is 46.5 Å². The zero-order valence-electron chi connectivity index (χ0n) is 22.3. The fraction of sp³-hybridized carbons (Fsp3) is 0.423. The number of halogens is 3. The summed E-state index contributed by atoms with van der Waals surface area (Å²) in [5.41, 5.74) is 0.722. The van der Waals surface area contributed by atoms with E-state index in [-0.39, 0.29) is 45.5 Å². The van der Waals surface area contributed by atoms with Crippen LogP contribution in [0, 0.1) is 0 Å². The van der Waals surface area contributed by atoms with Crippen LogP contribution in [-0.4, -0.2) is 85.9 Å². The van der Waals surface area contributed by atoms with Crippen molar-refractivity contribution in [1.29, 1.82) is 0 Å². The summed E-state index contributed by atoms with van der Waals surface area (Å²) < 4.78 is 67.7. The van der Waals surface area contributed by atoms with Gasteiger partial charge in [-0.15, -0.1) is 11.3 Å². The summed E-state index contributed by atoms with van der Waals surface area (Å²) in [6.07, 6.45) is -3.56. The molecule has 0 saturated carbocycles. The standard InChI is InChI=1S/C26H29F3N6O4S2/c1-3-15-10-16(35-7-6-30-12-17(35)14-36)4-5-19(15)32-25-31-13-18(26(27,28)29)22(33-25)20-11-21-23(40-20)24(37)34(2)8-9-41(21,38)39/h4-5,10-11,13,17,30,36H,3,6-9,12,14H2,1-2H3,(H,31,32,33)/t17-/m1/s1. The number of sulfone groups is 1. The molecular weight excluding hydrogens is 581 g/mol. The molecule has 0 radical (unpaired) electrons. The molecule has 0 aliphatic carbocycles. The molecule has 2 aliphatic heterocycles. The number of amides is 1. The maximum atomic E-state index is 14.0. The van der Waals surface area contributed by atoms with Crippen LogP contribution >= 0.6 is 11.3 Å². The van der Waals surface area contributed by atoms with Crippen molar-refractivity contribution in [2.24, 2.45) is 0 Å². The number of aromatic nitrogens is 2. The highest BCUT2D eigenvalue weighted by molar-refractivity contribution is 7.91. The number of benzene rings is 1. The summed E-state index contributed by atoms with van der Waals surface area (Å²) >= 11 is 0.669. The van der Waals surface area contributed by atoms with Gasteiger partial charge in [-0.3, -0.25) is 4.79 Å². The molecule has 1 amide bonds. The molecule has 3 N–H and O–H groups in total. The van der Waals surface area contributed by atoms with E-state index in [1.54, 1.807) is 6.07 Å². The molecule has 2 aromatic heterocycles. The van der Waals surface area contributed by atoms with Crippen molar-refractivity contribution in [1.82, 2.24) is 20.2 Å². The van der Waals surface area contributed by atoms with E-state index in [1.807, 2.05) is 19.1 Å². The van der Waals surface area contributed by atoms with E-state index in [0.29, 0.717) is 42.7 Å². The molecule has 1 aromatic carbocycles. The Morgan fingerprint density at radius 3 is 2.73 bits per heavy atom. The molecule has 0 unspecified atom stereocenters. The zero-order valence-corrected chi connectivity index (χ0v) is 24.0. The Kier molecular flexibility index (Phi) is 7.98. The highest BCUT2D eigenvalue weighted by Gasteiger charge is 2.38. The highest BCUT2D eigenvalue weighted by Crippen LogP contribution is 2.42. The number of aryl methyl sites for hydroxylation is 1. The van der Waals surface area contributed by atoms with E-state index in [0.717, 1.165) is 23.9 Å². The number of fused-ring (bicyclic) bond motifs is 1. The number of aliphatic hydroxyl groups excluding tert-OH is 1. The predicted molar refractivity (Wildman–Crippen MR) is 150 cm³/mol. The number of carbonyl (C=O) groups is 1. The first-order chi connectivity index (χ1) is 19.4. The fourth-order valence-electron chi connectivity index (χ4n) is 4.91. The van der Waals surface area contributed by atoms with Gasteiger partial charge in [-0.1, -0.05) is 6.92 Å². The van der Waals surface area contributed by atoms with Crippen LogP contribution in [0.4, 0.5) is 30.5 Å². The Balaban J connectivity index is 1.53. The van der Waals surface area contributed by atoms with Crippen molar-refractivity contribution in [2.45, 2.75) is 30.5 Å². The van der Waals surface area contributed by atoms with Crippen molar-refractivity contribution in [2.75, 3.05) is 55.8 Å². The molecule has 220 valence electrons. The summed E-state index contributed by atoms with van der Waals surface area (Å²) in [5.74, 6) is -1.01. The van der Waals surface area contributed by atoms with Crippen LogP contribution in [0.1, 0.15) is 27.7 Å². The van der Waals surface area contributed by atoms with E-state index in [4.69, 9.17) is 0 Å². The van der Waals surface area contributed by atoms with Gasteiger partial charge in [0.05, 0.1) is 33.9 Å². The van der Waals surface area contributed by atoms with Crippen LogP contribution in [0.15, 0.2) is 35.4 Å². The third-order valence-corrected chi connectivity index (χ3v) is 10.2. The van der Waals surface area contributed by atoms with Gasteiger partial charge in [0.1, 0.15) is 10.4 Å². The second-order valence-electron chi connectivity index (χ2n) is 9.86. The highest BCUT2D eigenvalue weighted by atomic mass is 32.2. The molecule has 15 heteroatoms. The first-order valence-electron chi connectivity index (χ1n) is 13.0. The maximum absolute atomic E-state index is 14.0. The van der Waals surface area contributed by atoms with Crippen LogP contribution < -0.4 is 15.5 Å². The minimum absolute atomic E-state index is 0.00797. The monoisotopic (exact) mass is 610 g/mol. The third-order valence-electron chi connectivity index (χ3n) is 7.21. The number of thiophene rings is 1. The Bertz CT molecular complexity index is 1580. The van der Waals surface area contributed by atoms with Crippen molar-refractivity contribution in [3.63, 3.8) is 0 Å². The lowest BCUT2D eigenvalue weighted by atomic mass is 10.1. The lowest BCUT2D eigenvalue weighted by molar-refractivity contribution is -0.137. The van der Waals surface area contributed by atoms with Crippen LogP contribution in [-0.2, 0) is 22.4 Å². The minimum Gasteiger partial charge on any atom is -0.394 e. The number of rotatable bonds is 6. The number of hydrogen-bond acceptors (Lipinski definition) is 10. The lowest BCUT2D eigenvalue weighted by Crippen LogP contribution is -2.53. The lowest BCUT2D eigenvalue weighted by Gasteiger charge is -2.37. The van der Waals surface area contributed by atoms with Gasteiger partial charge in [-0.2, -0.15) is 13.2 Å². The van der Waals surface area contributed by atoms with Gasteiger partial charge >= 0.3 is 6.18 Å². The van der Waals surface area contributed by atoms with Gasteiger partial charge in [0, 0.05) is 50.8 Å². The van der Waals surface area contributed by atoms with Gasteiger partial charge in [0.15, 0.2) is 9.84 Å². The Morgan fingerprint density at radius 2 is 2.02 bits per heavy atom. The van der Waals surface area contributed by atoms with E-state index in [1.165, 1.54) is 11.9 Å². The van der Waals surface area contributed by atoms with E-state index >= 15 is 0 Å². The Labute approximate surface area is 239 Å². The number of anilines is 3. The number of carbonyl (C=O) groups excluding carboxylic acids is 1. The summed E-state index contributed by atoms with van der Waals surface area (Å²) in [7, 11) is -2.44. The van der Waals surface area contributed by atoms with Crippen molar-refractivity contribution in [3.8, 4) is 10.6 Å². The van der Waals surface area contributed by atoms with Crippen molar-refractivity contribution >= 4 is 44.4 Å². The second kappa shape index (κ2) is 11.2. The molecule has 1 atom stereocenters. The van der Waals surface area contributed by atoms with Crippen molar-refractivity contribution < 1.29 is 31.5 Å². The average molecular weight is 611 g/mol. The maximum Gasteiger partial charge on any atom is 0.420 e. The van der Waals surface area contributed by atoms with Crippen LogP contribution in [0.5, 0.6) is 0 Å². The van der Waals surface area contributed by atoms with Gasteiger partial charge in [-0.25, -0.2) is 18.4 Å². The zero-order chi connectivity index (χ0) is 29.5. The SMILES string of the molecule is CCc1cc(N2CCNC[C@@H]2CO)ccc1Nc1ncc(C(F)(F)F)c(-c2cc3c(s2)C(=O)N(C)CCS3(=O)=O)n1. The molecule has 0 bridgehead atoms. The molecule has 5 rings (SSSR count). The number of nitrogens with one attached hydrogen (secondary N) is 2. The summed E-state index contributed by atoms with van der Waals surface area (Å²) in [4.78, 5) is 23.7. The first kappa shape index (κ1) is 29.2. The van der Waals surface area contributed by atoms with E-state index in [2.05, 4.69) is 25.5 Å². The topological polar surface area (TPSA) is 128 Å². The van der Waals surface area contributed by atoms with Gasteiger partial charge < -0.3 is 25.5 Å². The van der Waals surface area contributed by atoms with Crippen LogP contribution in [0.25, 0.3) is 10.6 Å². The number of piperazine rings is 1. The van der Waals surface area contributed by atoms with Gasteiger partial charge in [0.2, 0.25) is 5.95 Å². The average Bonchev–Trinajstić information content (AvgIpc) is 3.39. The third kappa shape index (κ3) is 5.76. The molecule has 2 aliphatic rings. The summed E-state index contributed by atoms with van der Waals surface area (Å²) in [6.45, 7) is 4.06. The Morgan fingerprint density at radius 1 is 1.24 bits per heavy atom. The molecule has 1 saturated heterocycles. The molecule has 10 nitrogen and oxygen atoms in total. The van der Waals surface area contributed by atoms with Crippen LogP contribution in [0.3, 0.4) is 0 Å². The number of hydrogen-bond donors (Lipinski definition) is 3. The predicted octanol–water partition coefficient (Wildman–Crippen LogP) is 3.16. The summed E-state index contributed by atoms with van der Waals surface area (Å²) in [6, 6.07) is 6.64. The molecule has 0 spiro atoms. The molecular formula is C26H29F3N6O4S2. The fourth-order valence-corrected chi connectivity index (χ4v) is 7.94. The van der Waals surface area contributed by atoms with Gasteiger partial charge in [0.25, 0.3) is 5.91 Å². The quantitative estimate of drug-likeness (QED) is 0.386. The molecule has 41 heavy (non-hydrogen) atoms. The van der Waals surface area contributed by atoms with Crippen LogP contribution in [0.2, 0.25) is 0 Å². The van der Waals surface area contributed by atoms with E-state index < -0.39 is 33.2 Å². The molecule has 3 aromatic rings. The van der Waals surface area contributed by atoms with E-state index in [9.17, 15) is 31.5 Å². The largest absolute Gasteiger partial charge is 0.420 e. The van der Waals surface area contributed by atoms with Gasteiger partial charge in [-0.05, 0) is 36.2 Å². The number of nitrogens with zero attached hydrogens (tertiary/aromatic N) is 4. The minimum atomic E-state index is -4.82. The Hall–Kier alpha value is -3.27. The number of alkyl halides is 3. The smallest absolute Gasteiger partial charge is 0.394 e. The summed E-state index contributed by atoms with van der Waals surface area (Å²) in [5, 5.41) is 16.0.